The first-order valence-electron chi connectivity index (χ1n) is 6.04. The molecule has 2 aromatic heterocycles. The summed E-state index contributed by atoms with van der Waals surface area (Å²) in [5, 5.41) is 8.40. The second kappa shape index (κ2) is 5.61. The van der Waals surface area contributed by atoms with Crippen molar-refractivity contribution >= 4 is 54.4 Å². The summed E-state index contributed by atoms with van der Waals surface area (Å²) in [5.74, 6) is 1.43. The molecular formula is C13H11Br2N5O. The van der Waals surface area contributed by atoms with Crippen molar-refractivity contribution in [3.8, 4) is 5.75 Å². The molecule has 8 heteroatoms. The minimum Gasteiger partial charge on any atom is -0.495 e. The molecule has 2 heterocycles. The van der Waals surface area contributed by atoms with Crippen LogP contribution in [0.2, 0.25) is 0 Å². The van der Waals surface area contributed by atoms with Gasteiger partial charge in [0.1, 0.15) is 22.5 Å². The molecule has 0 aliphatic carbocycles. The molecule has 0 spiro atoms. The van der Waals surface area contributed by atoms with Gasteiger partial charge in [-0.05, 0) is 44.0 Å². The number of fused-ring (bicyclic) bond motifs is 1. The van der Waals surface area contributed by atoms with Crippen LogP contribution in [0.25, 0.3) is 11.0 Å². The van der Waals surface area contributed by atoms with E-state index in [4.69, 9.17) is 4.74 Å². The van der Waals surface area contributed by atoms with E-state index < -0.39 is 0 Å². The number of nitrogens with one attached hydrogen (secondary N) is 1. The van der Waals surface area contributed by atoms with Crippen LogP contribution in [-0.4, -0.2) is 26.9 Å². The second-order valence-corrected chi connectivity index (χ2v) is 5.92. The molecule has 0 unspecified atom stereocenters. The number of rotatable bonds is 3. The zero-order valence-corrected chi connectivity index (χ0v) is 14.4. The Bertz CT molecular complexity index is 818. The quantitative estimate of drug-likeness (QED) is 0.711. The third-order valence-corrected chi connectivity index (χ3v) is 4.20. The van der Waals surface area contributed by atoms with Crippen molar-refractivity contribution in [2.24, 2.45) is 7.05 Å². The summed E-state index contributed by atoms with van der Waals surface area (Å²) in [6.45, 7) is 0. The Morgan fingerprint density at radius 3 is 2.81 bits per heavy atom. The van der Waals surface area contributed by atoms with E-state index in [0.29, 0.717) is 10.4 Å². The largest absolute Gasteiger partial charge is 0.495 e. The van der Waals surface area contributed by atoms with Gasteiger partial charge in [-0.1, -0.05) is 0 Å². The number of ether oxygens (including phenoxy) is 1. The first-order valence-corrected chi connectivity index (χ1v) is 7.62. The molecule has 0 saturated carbocycles. The third kappa shape index (κ3) is 2.60. The maximum Gasteiger partial charge on any atom is 0.164 e. The van der Waals surface area contributed by atoms with Crippen LogP contribution in [0.5, 0.6) is 5.75 Å². The van der Waals surface area contributed by atoms with Gasteiger partial charge in [0.2, 0.25) is 0 Å². The molecule has 1 N–H and O–H groups in total. The van der Waals surface area contributed by atoms with Crippen LogP contribution in [0.15, 0.2) is 33.6 Å². The Kier molecular flexibility index (Phi) is 3.81. The van der Waals surface area contributed by atoms with Gasteiger partial charge in [-0.25, -0.2) is 14.6 Å². The molecule has 3 rings (SSSR count). The van der Waals surface area contributed by atoms with Gasteiger partial charge in [0.15, 0.2) is 5.65 Å². The predicted molar refractivity (Wildman–Crippen MR) is 88.0 cm³/mol. The minimum absolute atomic E-state index is 0.685. The lowest BCUT2D eigenvalue weighted by Gasteiger charge is -2.09. The average molecular weight is 413 g/mol. The van der Waals surface area contributed by atoms with Gasteiger partial charge >= 0.3 is 0 Å². The molecule has 3 aromatic rings. The molecule has 0 atom stereocenters. The van der Waals surface area contributed by atoms with Crippen molar-refractivity contribution in [2.75, 3.05) is 12.4 Å². The van der Waals surface area contributed by atoms with E-state index in [1.165, 1.54) is 6.33 Å². The Labute approximate surface area is 137 Å². The Hall–Kier alpha value is -1.67. The van der Waals surface area contributed by atoms with Gasteiger partial charge in [0, 0.05) is 18.8 Å². The maximum absolute atomic E-state index is 5.29. The van der Waals surface area contributed by atoms with E-state index in [9.17, 15) is 0 Å². The van der Waals surface area contributed by atoms with Crippen LogP contribution in [0, 0.1) is 0 Å². The summed E-state index contributed by atoms with van der Waals surface area (Å²) in [5.41, 5.74) is 1.62. The summed E-state index contributed by atoms with van der Waals surface area (Å²) in [6.07, 6.45) is 1.51. The topological polar surface area (TPSA) is 64.9 Å². The van der Waals surface area contributed by atoms with Gasteiger partial charge in [-0.3, -0.25) is 0 Å². The Balaban J connectivity index is 2.06. The van der Waals surface area contributed by atoms with E-state index in [1.807, 2.05) is 25.2 Å². The number of halogens is 2. The summed E-state index contributed by atoms with van der Waals surface area (Å²) in [6, 6.07) is 5.74. The molecule has 6 nitrogen and oxygen atoms in total. The second-order valence-electron chi connectivity index (χ2n) is 4.31. The van der Waals surface area contributed by atoms with Crippen LogP contribution < -0.4 is 10.1 Å². The van der Waals surface area contributed by atoms with Crippen molar-refractivity contribution < 1.29 is 4.74 Å². The van der Waals surface area contributed by atoms with Crippen molar-refractivity contribution in [3.05, 3.63) is 33.6 Å². The lowest BCUT2D eigenvalue weighted by Crippen LogP contribution is -1.97. The number of aryl methyl sites for hydroxylation is 1. The number of anilines is 2. The molecule has 0 radical (unpaired) electrons. The lowest BCUT2D eigenvalue weighted by molar-refractivity contribution is 0.412. The molecule has 0 saturated heterocycles. The Morgan fingerprint density at radius 2 is 2.05 bits per heavy atom. The van der Waals surface area contributed by atoms with Crippen LogP contribution in [-0.2, 0) is 7.05 Å². The van der Waals surface area contributed by atoms with Gasteiger partial charge in [-0.15, -0.1) is 0 Å². The summed E-state index contributed by atoms with van der Waals surface area (Å²) >= 11 is 6.87. The highest BCUT2D eigenvalue weighted by Gasteiger charge is 2.13. The first-order chi connectivity index (χ1) is 10.1. The fourth-order valence-electron chi connectivity index (χ4n) is 2.01. The van der Waals surface area contributed by atoms with Gasteiger partial charge in [0.25, 0.3) is 0 Å². The number of nitrogens with zero attached hydrogens (tertiary/aromatic N) is 4. The summed E-state index contributed by atoms with van der Waals surface area (Å²) in [4.78, 5) is 8.54. The summed E-state index contributed by atoms with van der Waals surface area (Å²) in [7, 11) is 3.47. The van der Waals surface area contributed by atoms with E-state index >= 15 is 0 Å². The molecule has 1 aromatic carbocycles. The van der Waals surface area contributed by atoms with Gasteiger partial charge in [-0.2, -0.15) is 5.10 Å². The standard InChI is InChI=1S/C13H11Br2N5O/c1-20-13-10(11(15)19-20)12(16-6-17-13)18-7-3-4-8(14)9(5-7)21-2/h3-6H,1-2H3,(H,16,17,18). The number of aromatic nitrogens is 4. The van der Waals surface area contributed by atoms with E-state index in [-0.39, 0.29) is 0 Å². The maximum atomic E-state index is 5.29. The fraction of sp³-hybridized carbons (Fsp3) is 0.154. The Morgan fingerprint density at radius 1 is 1.24 bits per heavy atom. The van der Waals surface area contributed by atoms with E-state index in [0.717, 1.165) is 26.9 Å². The van der Waals surface area contributed by atoms with Gasteiger partial charge in [0.05, 0.1) is 17.0 Å². The zero-order chi connectivity index (χ0) is 15.0. The zero-order valence-electron chi connectivity index (χ0n) is 11.3. The van der Waals surface area contributed by atoms with Crippen molar-refractivity contribution in [3.63, 3.8) is 0 Å². The van der Waals surface area contributed by atoms with E-state index in [1.54, 1.807) is 11.8 Å². The van der Waals surface area contributed by atoms with Crippen molar-refractivity contribution in [1.29, 1.82) is 0 Å². The summed E-state index contributed by atoms with van der Waals surface area (Å²) < 4.78 is 8.59. The molecule has 0 aliphatic heterocycles. The number of hydrogen-bond acceptors (Lipinski definition) is 5. The molecule has 0 aliphatic rings. The van der Waals surface area contributed by atoms with E-state index in [2.05, 4.69) is 52.2 Å². The normalized spacial score (nSPS) is 10.9. The van der Waals surface area contributed by atoms with Crippen molar-refractivity contribution in [2.45, 2.75) is 0 Å². The molecule has 0 amide bonds. The lowest BCUT2D eigenvalue weighted by atomic mass is 10.3. The molecule has 108 valence electrons. The van der Waals surface area contributed by atoms with Crippen LogP contribution in [0.3, 0.4) is 0 Å². The molecular weight excluding hydrogens is 402 g/mol. The van der Waals surface area contributed by atoms with Crippen LogP contribution >= 0.6 is 31.9 Å². The van der Waals surface area contributed by atoms with Gasteiger partial charge < -0.3 is 10.1 Å². The highest BCUT2D eigenvalue weighted by molar-refractivity contribution is 9.10. The van der Waals surface area contributed by atoms with Crippen LogP contribution in [0.4, 0.5) is 11.5 Å². The van der Waals surface area contributed by atoms with Crippen LogP contribution in [0.1, 0.15) is 0 Å². The number of methoxy groups -OCH3 is 1. The highest BCUT2D eigenvalue weighted by atomic mass is 79.9. The minimum atomic E-state index is 0.685. The number of benzene rings is 1. The molecule has 0 bridgehead atoms. The molecule has 21 heavy (non-hydrogen) atoms. The predicted octanol–water partition coefficient (Wildman–Crippen LogP) is 3.64. The number of hydrogen-bond donors (Lipinski definition) is 1. The first kappa shape index (κ1) is 14.3. The monoisotopic (exact) mass is 411 g/mol. The van der Waals surface area contributed by atoms with Crippen molar-refractivity contribution in [1.82, 2.24) is 19.7 Å². The SMILES string of the molecule is COc1cc(Nc2ncnc3c2c(Br)nn3C)ccc1Br. The molecule has 0 fully saturated rings. The smallest absolute Gasteiger partial charge is 0.164 e. The third-order valence-electron chi connectivity index (χ3n) is 2.99. The average Bonchev–Trinajstić information content (AvgIpc) is 2.77. The fourth-order valence-corrected chi connectivity index (χ4v) is 3.02. The highest BCUT2D eigenvalue weighted by Crippen LogP contribution is 2.32.